The molecule has 2 aromatic carbocycles. The summed E-state index contributed by atoms with van der Waals surface area (Å²) in [5, 5.41) is 9.89. The molecule has 0 spiro atoms. The number of pyridine rings is 2. The van der Waals surface area contributed by atoms with Crippen molar-refractivity contribution in [2.45, 2.75) is 18.9 Å². The number of hydrogen-bond donors (Lipinski definition) is 2. The lowest BCUT2D eigenvalue weighted by atomic mass is 10.0. The average molecular weight is 563 g/mol. The van der Waals surface area contributed by atoms with E-state index in [1.54, 1.807) is 48.8 Å². The van der Waals surface area contributed by atoms with Gasteiger partial charge in [-0.3, -0.25) is 19.4 Å². The molecule has 0 aliphatic rings. The van der Waals surface area contributed by atoms with E-state index in [4.69, 9.17) is 0 Å². The molecule has 5 aromatic rings. The third-order valence-electron chi connectivity index (χ3n) is 6.50. The third-order valence-corrected chi connectivity index (χ3v) is 6.50. The van der Waals surface area contributed by atoms with Gasteiger partial charge in [-0.25, -0.2) is 14.1 Å². The van der Waals surface area contributed by atoms with Gasteiger partial charge < -0.3 is 10.6 Å². The van der Waals surface area contributed by atoms with Crippen molar-refractivity contribution in [1.29, 1.82) is 0 Å². The summed E-state index contributed by atoms with van der Waals surface area (Å²) in [4.78, 5) is 48.3. The van der Waals surface area contributed by atoms with Crippen LogP contribution in [-0.4, -0.2) is 49.9 Å². The van der Waals surface area contributed by atoms with Crippen molar-refractivity contribution in [2.75, 3.05) is 6.54 Å². The Morgan fingerprint density at radius 2 is 1.60 bits per heavy atom. The summed E-state index contributed by atoms with van der Waals surface area (Å²) in [5.74, 6) is -2.28. The first-order valence-corrected chi connectivity index (χ1v) is 13.3. The molecule has 0 unspecified atom stereocenters. The zero-order chi connectivity index (χ0) is 29.3. The van der Waals surface area contributed by atoms with Crippen LogP contribution in [0.15, 0.2) is 110 Å². The molecule has 0 radical (unpaired) electrons. The summed E-state index contributed by atoms with van der Waals surface area (Å²) in [6.45, 7) is 0.218. The molecule has 0 aliphatic heterocycles. The molecular weight excluding hydrogens is 535 g/mol. The van der Waals surface area contributed by atoms with Crippen LogP contribution in [0, 0.1) is 5.82 Å². The second-order valence-electron chi connectivity index (χ2n) is 9.43. The number of Topliss-reactive ketones (excluding diaryl/α,β-unsaturated/α-hetero) is 1. The maximum Gasteiger partial charge on any atom is 0.289 e. The van der Waals surface area contributed by atoms with Gasteiger partial charge in [0, 0.05) is 49.2 Å². The number of benzene rings is 2. The van der Waals surface area contributed by atoms with Crippen molar-refractivity contribution in [1.82, 2.24) is 30.4 Å². The van der Waals surface area contributed by atoms with Gasteiger partial charge in [0.25, 0.3) is 11.8 Å². The molecule has 1 atom stereocenters. The Kier molecular flexibility index (Phi) is 8.83. The fraction of sp³-hybridized carbons (Fsp3) is 0.125. The molecule has 10 heteroatoms. The fourth-order valence-electron chi connectivity index (χ4n) is 4.36. The maximum absolute atomic E-state index is 13.6. The van der Waals surface area contributed by atoms with Gasteiger partial charge in [0.15, 0.2) is 5.82 Å². The van der Waals surface area contributed by atoms with Crippen LogP contribution in [0.4, 0.5) is 4.39 Å². The molecule has 9 nitrogen and oxygen atoms in total. The SMILES string of the molecule is O=C(NCCc1ccccn1)C(=O)[C@@H](Cc1ccccc1)NC(=O)c1cccnc1-n1ccc(-c2ccc(F)cc2)n1. The van der Waals surface area contributed by atoms with Gasteiger partial charge in [0.1, 0.15) is 11.9 Å². The van der Waals surface area contributed by atoms with Crippen molar-refractivity contribution in [3.63, 3.8) is 0 Å². The molecule has 0 aliphatic carbocycles. The van der Waals surface area contributed by atoms with Crippen LogP contribution in [0.2, 0.25) is 0 Å². The lowest BCUT2D eigenvalue weighted by molar-refractivity contribution is -0.138. The van der Waals surface area contributed by atoms with E-state index in [0.29, 0.717) is 17.7 Å². The molecule has 0 saturated carbocycles. The van der Waals surface area contributed by atoms with E-state index in [9.17, 15) is 18.8 Å². The molecule has 2 amide bonds. The van der Waals surface area contributed by atoms with E-state index >= 15 is 0 Å². The Balaban J connectivity index is 1.34. The molecule has 3 aromatic heterocycles. The fourth-order valence-corrected chi connectivity index (χ4v) is 4.36. The third kappa shape index (κ3) is 6.97. The number of halogens is 1. The highest BCUT2D eigenvalue weighted by Gasteiger charge is 2.28. The van der Waals surface area contributed by atoms with Crippen LogP contribution >= 0.6 is 0 Å². The highest BCUT2D eigenvalue weighted by Crippen LogP contribution is 2.20. The Morgan fingerprint density at radius 3 is 2.36 bits per heavy atom. The lowest BCUT2D eigenvalue weighted by Crippen LogP contribution is -2.49. The number of carbonyl (C=O) groups is 3. The second-order valence-corrected chi connectivity index (χ2v) is 9.43. The van der Waals surface area contributed by atoms with Gasteiger partial charge in [-0.15, -0.1) is 0 Å². The van der Waals surface area contributed by atoms with Crippen LogP contribution in [0.25, 0.3) is 17.1 Å². The zero-order valence-corrected chi connectivity index (χ0v) is 22.5. The number of carbonyl (C=O) groups excluding carboxylic acids is 3. The van der Waals surface area contributed by atoms with E-state index in [-0.39, 0.29) is 30.2 Å². The Bertz CT molecular complexity index is 1670. The first kappa shape index (κ1) is 28.0. The summed E-state index contributed by atoms with van der Waals surface area (Å²) < 4.78 is 14.8. The van der Waals surface area contributed by atoms with E-state index in [2.05, 4.69) is 25.7 Å². The molecular formula is C32H27FN6O3. The Morgan fingerprint density at radius 1 is 0.833 bits per heavy atom. The van der Waals surface area contributed by atoms with Gasteiger partial charge in [0.2, 0.25) is 5.78 Å². The standard InChI is InChI=1S/C32H27FN6O3/c33-24-13-11-23(12-14-24)27-16-20-39(38-27)30-26(10-6-18-35-30)31(41)37-28(21-22-7-2-1-3-8-22)29(40)32(42)36-19-15-25-9-4-5-17-34-25/h1-14,16-18,20,28H,15,19,21H2,(H,36,42)(H,37,41)/t28-/m1/s1. The number of nitrogens with zero attached hydrogens (tertiary/aromatic N) is 4. The average Bonchev–Trinajstić information content (AvgIpc) is 3.52. The summed E-state index contributed by atoms with van der Waals surface area (Å²) >= 11 is 0. The smallest absolute Gasteiger partial charge is 0.289 e. The van der Waals surface area contributed by atoms with Crippen LogP contribution in [0.1, 0.15) is 21.6 Å². The monoisotopic (exact) mass is 562 g/mol. The van der Waals surface area contributed by atoms with Crippen LogP contribution in [-0.2, 0) is 22.4 Å². The molecule has 3 heterocycles. The number of rotatable bonds is 11. The number of hydrogen-bond acceptors (Lipinski definition) is 6. The van der Waals surface area contributed by atoms with Gasteiger partial charge in [-0.2, -0.15) is 5.10 Å². The van der Waals surface area contributed by atoms with Gasteiger partial charge >= 0.3 is 0 Å². The topological polar surface area (TPSA) is 119 Å². The first-order chi connectivity index (χ1) is 20.5. The normalized spacial score (nSPS) is 11.5. The number of ketones is 1. The van der Waals surface area contributed by atoms with Gasteiger partial charge in [0.05, 0.1) is 11.3 Å². The largest absolute Gasteiger partial charge is 0.349 e. The van der Waals surface area contributed by atoms with Crippen molar-refractivity contribution < 1.29 is 18.8 Å². The molecule has 5 rings (SSSR count). The molecule has 0 saturated heterocycles. The molecule has 2 N–H and O–H groups in total. The van der Waals surface area contributed by atoms with E-state index in [1.807, 2.05) is 42.5 Å². The predicted molar refractivity (Wildman–Crippen MR) is 154 cm³/mol. The zero-order valence-electron chi connectivity index (χ0n) is 22.5. The van der Waals surface area contributed by atoms with Crippen molar-refractivity contribution >= 4 is 17.6 Å². The Hall–Kier alpha value is -5.51. The minimum Gasteiger partial charge on any atom is -0.349 e. The van der Waals surface area contributed by atoms with E-state index in [0.717, 1.165) is 11.3 Å². The summed E-state index contributed by atoms with van der Waals surface area (Å²) in [5.41, 5.74) is 2.98. The summed E-state index contributed by atoms with van der Waals surface area (Å²) in [6.07, 6.45) is 5.39. The van der Waals surface area contributed by atoms with Gasteiger partial charge in [-0.1, -0.05) is 36.4 Å². The summed E-state index contributed by atoms with van der Waals surface area (Å²) in [6, 6.07) is 24.3. The quantitative estimate of drug-likeness (QED) is 0.237. The van der Waals surface area contributed by atoms with Crippen molar-refractivity contribution in [2.24, 2.45) is 0 Å². The molecule has 0 fully saturated rings. The van der Waals surface area contributed by atoms with Crippen molar-refractivity contribution in [3.05, 3.63) is 132 Å². The van der Waals surface area contributed by atoms with Crippen LogP contribution < -0.4 is 10.6 Å². The molecule has 42 heavy (non-hydrogen) atoms. The lowest BCUT2D eigenvalue weighted by Gasteiger charge is -2.18. The van der Waals surface area contributed by atoms with E-state index in [1.165, 1.54) is 23.0 Å². The minimum atomic E-state index is -1.13. The minimum absolute atomic E-state index is 0.116. The van der Waals surface area contributed by atoms with Gasteiger partial charge in [-0.05, 0) is 60.2 Å². The maximum atomic E-state index is 13.6. The first-order valence-electron chi connectivity index (χ1n) is 13.3. The highest BCUT2D eigenvalue weighted by molar-refractivity contribution is 6.38. The number of amides is 2. The predicted octanol–water partition coefficient (Wildman–Crippen LogP) is 3.74. The number of nitrogens with one attached hydrogen (secondary N) is 2. The van der Waals surface area contributed by atoms with E-state index < -0.39 is 23.6 Å². The highest BCUT2D eigenvalue weighted by atomic mass is 19.1. The molecule has 210 valence electrons. The molecule has 0 bridgehead atoms. The number of aromatic nitrogens is 4. The van der Waals surface area contributed by atoms with Crippen molar-refractivity contribution in [3.8, 4) is 17.1 Å². The Labute approximate surface area is 241 Å². The van der Waals surface area contributed by atoms with Crippen LogP contribution in [0.3, 0.4) is 0 Å². The summed E-state index contributed by atoms with van der Waals surface area (Å²) in [7, 11) is 0. The van der Waals surface area contributed by atoms with Crippen LogP contribution in [0.5, 0.6) is 0 Å². The second kappa shape index (κ2) is 13.2.